The molecule has 0 heterocycles. The average molecular weight is 271 g/mol. The maximum Gasteiger partial charge on any atom is 0.232 e. The first-order valence-corrected chi connectivity index (χ1v) is 6.68. The first kappa shape index (κ1) is 14.9. The van der Waals surface area contributed by atoms with Crippen LogP contribution < -0.4 is 16.4 Å². The maximum absolute atomic E-state index is 11.9. The Morgan fingerprint density at radius 2 is 2.06 bits per heavy atom. The summed E-state index contributed by atoms with van der Waals surface area (Å²) in [5, 5.41) is 5.58. The molecule has 1 aliphatic carbocycles. The van der Waals surface area contributed by atoms with E-state index in [0.29, 0.717) is 25.4 Å². The normalized spacial score (nSPS) is 17.7. The SMILES string of the molecule is CCC(C)(C(=O)NCCC(=O)NC1CC1)C(N)=S. The summed E-state index contributed by atoms with van der Waals surface area (Å²) in [6, 6.07) is 0.353. The van der Waals surface area contributed by atoms with Gasteiger partial charge in [-0.15, -0.1) is 0 Å². The van der Waals surface area contributed by atoms with E-state index in [9.17, 15) is 9.59 Å². The summed E-state index contributed by atoms with van der Waals surface area (Å²) in [5.74, 6) is -0.233. The largest absolute Gasteiger partial charge is 0.392 e. The van der Waals surface area contributed by atoms with Gasteiger partial charge in [0.1, 0.15) is 0 Å². The minimum atomic E-state index is -0.831. The van der Waals surface area contributed by atoms with Crippen LogP contribution in [0.3, 0.4) is 0 Å². The third kappa shape index (κ3) is 3.94. The lowest BCUT2D eigenvalue weighted by Crippen LogP contribution is -2.47. The van der Waals surface area contributed by atoms with Gasteiger partial charge in [0.15, 0.2) is 0 Å². The first-order valence-electron chi connectivity index (χ1n) is 6.27. The molecule has 5 nitrogen and oxygen atoms in total. The average Bonchev–Trinajstić information content (AvgIpc) is 3.11. The maximum atomic E-state index is 11.9. The Morgan fingerprint density at radius 1 is 1.44 bits per heavy atom. The third-order valence-corrected chi connectivity index (χ3v) is 3.78. The number of rotatable bonds is 7. The molecule has 18 heavy (non-hydrogen) atoms. The van der Waals surface area contributed by atoms with E-state index in [1.165, 1.54) is 0 Å². The van der Waals surface area contributed by atoms with Crippen molar-refractivity contribution in [1.82, 2.24) is 10.6 Å². The summed E-state index contributed by atoms with van der Waals surface area (Å²) in [5.41, 5.74) is 4.75. The zero-order chi connectivity index (χ0) is 13.8. The Balaban J connectivity index is 2.30. The Hall–Kier alpha value is -1.17. The molecule has 0 aromatic heterocycles. The number of carbonyl (C=O) groups is 2. The van der Waals surface area contributed by atoms with Gasteiger partial charge in [-0.3, -0.25) is 9.59 Å². The molecule has 1 atom stereocenters. The lowest BCUT2D eigenvalue weighted by Gasteiger charge is -2.25. The summed E-state index contributed by atoms with van der Waals surface area (Å²) in [7, 11) is 0. The number of hydrogen-bond donors (Lipinski definition) is 3. The van der Waals surface area contributed by atoms with Crippen LogP contribution in [-0.2, 0) is 9.59 Å². The van der Waals surface area contributed by atoms with Crippen LogP contribution >= 0.6 is 12.2 Å². The molecule has 0 radical (unpaired) electrons. The molecule has 0 aromatic carbocycles. The van der Waals surface area contributed by atoms with E-state index >= 15 is 0 Å². The minimum absolute atomic E-state index is 0.0219. The molecule has 0 spiro atoms. The van der Waals surface area contributed by atoms with Gasteiger partial charge in [-0.1, -0.05) is 19.1 Å². The Morgan fingerprint density at radius 3 is 2.50 bits per heavy atom. The van der Waals surface area contributed by atoms with E-state index in [2.05, 4.69) is 10.6 Å². The number of hydrogen-bond acceptors (Lipinski definition) is 3. The van der Waals surface area contributed by atoms with Crippen molar-refractivity contribution in [3.05, 3.63) is 0 Å². The van der Waals surface area contributed by atoms with Crippen LogP contribution in [0.2, 0.25) is 0 Å². The summed E-state index contributed by atoms with van der Waals surface area (Å²) >= 11 is 4.91. The molecule has 0 aliphatic heterocycles. The Labute approximate surface area is 113 Å². The van der Waals surface area contributed by atoms with Crippen LogP contribution in [0, 0.1) is 5.41 Å². The monoisotopic (exact) mass is 271 g/mol. The van der Waals surface area contributed by atoms with Gasteiger partial charge in [-0.25, -0.2) is 0 Å². The van der Waals surface area contributed by atoms with Crippen molar-refractivity contribution in [2.24, 2.45) is 11.1 Å². The quantitative estimate of drug-likeness (QED) is 0.588. The molecule has 0 bridgehead atoms. The van der Waals surface area contributed by atoms with Crippen LogP contribution in [0.5, 0.6) is 0 Å². The lowest BCUT2D eigenvalue weighted by atomic mass is 9.86. The second-order valence-corrected chi connectivity index (χ2v) is 5.34. The van der Waals surface area contributed by atoms with Crippen LogP contribution in [0.15, 0.2) is 0 Å². The van der Waals surface area contributed by atoms with Gasteiger partial charge in [0, 0.05) is 19.0 Å². The molecule has 0 saturated heterocycles. The molecule has 2 amide bonds. The number of carbonyl (C=O) groups excluding carboxylic acids is 2. The molecular formula is C12H21N3O2S. The van der Waals surface area contributed by atoms with Crippen molar-refractivity contribution in [3.8, 4) is 0 Å². The second kappa shape index (κ2) is 6.13. The number of amides is 2. The summed E-state index contributed by atoms with van der Waals surface area (Å²) in [6.45, 7) is 3.89. The highest BCUT2D eigenvalue weighted by molar-refractivity contribution is 7.80. The van der Waals surface area contributed by atoms with Crippen molar-refractivity contribution in [1.29, 1.82) is 0 Å². The van der Waals surface area contributed by atoms with Crippen molar-refractivity contribution in [2.45, 2.75) is 45.6 Å². The van der Waals surface area contributed by atoms with Gasteiger partial charge >= 0.3 is 0 Å². The molecule has 1 fully saturated rings. The van der Waals surface area contributed by atoms with E-state index in [1.807, 2.05) is 6.92 Å². The summed E-state index contributed by atoms with van der Waals surface area (Å²) in [4.78, 5) is 23.5. The Bertz CT molecular complexity index is 355. The molecule has 6 heteroatoms. The van der Waals surface area contributed by atoms with Gasteiger partial charge in [-0.05, 0) is 26.2 Å². The highest BCUT2D eigenvalue weighted by atomic mass is 32.1. The fraction of sp³-hybridized carbons (Fsp3) is 0.750. The van der Waals surface area contributed by atoms with Gasteiger partial charge < -0.3 is 16.4 Å². The molecule has 1 unspecified atom stereocenters. The predicted octanol–water partition coefficient (Wildman–Crippen LogP) is 0.474. The smallest absolute Gasteiger partial charge is 0.232 e. The van der Waals surface area contributed by atoms with Gasteiger partial charge in [0.2, 0.25) is 11.8 Å². The third-order valence-electron chi connectivity index (χ3n) is 3.33. The van der Waals surface area contributed by atoms with E-state index < -0.39 is 5.41 Å². The topological polar surface area (TPSA) is 84.2 Å². The first-order chi connectivity index (χ1) is 8.40. The molecule has 4 N–H and O–H groups in total. The van der Waals surface area contributed by atoms with Gasteiger partial charge in [0.05, 0.1) is 10.4 Å². The van der Waals surface area contributed by atoms with Crippen molar-refractivity contribution >= 4 is 29.0 Å². The second-order valence-electron chi connectivity index (χ2n) is 4.90. The van der Waals surface area contributed by atoms with Crippen LogP contribution in [-0.4, -0.2) is 29.4 Å². The van der Waals surface area contributed by atoms with Crippen molar-refractivity contribution < 1.29 is 9.59 Å². The van der Waals surface area contributed by atoms with Crippen LogP contribution in [0.1, 0.15) is 39.5 Å². The van der Waals surface area contributed by atoms with E-state index in [1.54, 1.807) is 6.92 Å². The Kier molecular flexibility index (Phi) is 5.07. The van der Waals surface area contributed by atoms with Crippen LogP contribution in [0.25, 0.3) is 0 Å². The molecule has 0 aromatic rings. The highest BCUT2D eigenvalue weighted by Gasteiger charge is 2.34. The standard InChI is InChI=1S/C12H21N3O2S/c1-3-12(2,10(13)18)11(17)14-7-6-9(16)15-8-4-5-8/h8H,3-7H2,1-2H3,(H2,13,18)(H,14,17)(H,15,16). The molecule has 102 valence electrons. The van der Waals surface area contributed by atoms with Gasteiger partial charge in [0.25, 0.3) is 0 Å². The number of nitrogens with one attached hydrogen (secondary N) is 2. The van der Waals surface area contributed by atoms with E-state index in [4.69, 9.17) is 18.0 Å². The van der Waals surface area contributed by atoms with Gasteiger partial charge in [-0.2, -0.15) is 0 Å². The number of nitrogens with two attached hydrogens (primary N) is 1. The lowest BCUT2D eigenvalue weighted by molar-refractivity contribution is -0.127. The fourth-order valence-electron chi connectivity index (χ4n) is 1.46. The fourth-order valence-corrected chi connectivity index (χ4v) is 1.70. The minimum Gasteiger partial charge on any atom is -0.392 e. The van der Waals surface area contributed by atoms with E-state index in [-0.39, 0.29) is 16.8 Å². The molecule has 1 aliphatic rings. The van der Waals surface area contributed by atoms with E-state index in [0.717, 1.165) is 12.8 Å². The zero-order valence-electron chi connectivity index (χ0n) is 10.9. The zero-order valence-corrected chi connectivity index (χ0v) is 11.7. The highest BCUT2D eigenvalue weighted by Crippen LogP contribution is 2.21. The van der Waals surface area contributed by atoms with Crippen molar-refractivity contribution in [2.75, 3.05) is 6.54 Å². The van der Waals surface area contributed by atoms with Crippen molar-refractivity contribution in [3.63, 3.8) is 0 Å². The molecule has 1 saturated carbocycles. The predicted molar refractivity (Wildman–Crippen MR) is 74.0 cm³/mol. The summed E-state index contributed by atoms with van der Waals surface area (Å²) < 4.78 is 0. The molecular weight excluding hydrogens is 250 g/mol. The molecule has 1 rings (SSSR count). The summed E-state index contributed by atoms with van der Waals surface area (Å²) in [6.07, 6.45) is 2.96. The van der Waals surface area contributed by atoms with Crippen LogP contribution in [0.4, 0.5) is 0 Å². The number of thiocarbonyl (C=S) groups is 1.